The lowest BCUT2D eigenvalue weighted by molar-refractivity contribution is 0.0750. The fourth-order valence-electron chi connectivity index (χ4n) is 2.32. The molecule has 1 heterocycles. The first-order chi connectivity index (χ1) is 9.88. The van der Waals surface area contributed by atoms with Crippen molar-refractivity contribution in [2.45, 2.75) is 19.3 Å². The average Bonchev–Trinajstić information content (AvgIpc) is 2.52. The smallest absolute Gasteiger partial charge is 0.119 e. The van der Waals surface area contributed by atoms with Gasteiger partial charge in [-0.2, -0.15) is 5.26 Å². The number of nitrogens with zero attached hydrogens (tertiary/aromatic N) is 2. The van der Waals surface area contributed by atoms with E-state index in [0.717, 1.165) is 18.9 Å². The van der Waals surface area contributed by atoms with Crippen molar-refractivity contribution in [3.05, 3.63) is 29.8 Å². The third-order valence-electron chi connectivity index (χ3n) is 3.48. The van der Waals surface area contributed by atoms with Gasteiger partial charge in [0, 0.05) is 6.54 Å². The molecular weight excluding hydrogens is 288 g/mol. The van der Waals surface area contributed by atoms with Crippen LogP contribution in [0.4, 0.5) is 0 Å². The molecule has 0 saturated carbocycles. The SMILES string of the molecule is Cl.N#Cc1ccc(OCCOCCN2CCCCC2)cc1. The lowest BCUT2D eigenvalue weighted by atomic mass is 10.1. The number of ether oxygens (including phenoxy) is 2. The minimum absolute atomic E-state index is 0. The van der Waals surface area contributed by atoms with Gasteiger partial charge in [0.2, 0.25) is 0 Å². The highest BCUT2D eigenvalue weighted by molar-refractivity contribution is 5.85. The van der Waals surface area contributed by atoms with E-state index in [1.165, 1.54) is 32.4 Å². The van der Waals surface area contributed by atoms with Crippen molar-refractivity contribution in [2.75, 3.05) is 39.5 Å². The van der Waals surface area contributed by atoms with Gasteiger partial charge in [-0.3, -0.25) is 0 Å². The van der Waals surface area contributed by atoms with E-state index >= 15 is 0 Å². The number of likely N-dealkylation sites (tertiary alicyclic amines) is 1. The third kappa shape index (κ3) is 6.81. The number of hydrogen-bond acceptors (Lipinski definition) is 4. The zero-order valence-corrected chi connectivity index (χ0v) is 13.1. The Morgan fingerprint density at radius 3 is 2.38 bits per heavy atom. The third-order valence-corrected chi connectivity index (χ3v) is 3.48. The zero-order valence-electron chi connectivity index (χ0n) is 12.3. The minimum atomic E-state index is 0. The summed E-state index contributed by atoms with van der Waals surface area (Å²) >= 11 is 0. The van der Waals surface area contributed by atoms with Gasteiger partial charge in [0.05, 0.1) is 24.8 Å². The Hall–Kier alpha value is -1.28. The number of benzene rings is 1. The van der Waals surface area contributed by atoms with Crippen LogP contribution in [0.25, 0.3) is 0 Å². The second kappa shape index (κ2) is 10.4. The molecule has 0 amide bonds. The Kier molecular flexibility index (Phi) is 8.84. The van der Waals surface area contributed by atoms with E-state index in [-0.39, 0.29) is 12.4 Å². The topological polar surface area (TPSA) is 45.5 Å². The van der Waals surface area contributed by atoms with Crippen LogP contribution in [0, 0.1) is 11.3 Å². The summed E-state index contributed by atoms with van der Waals surface area (Å²) < 4.78 is 11.1. The average molecular weight is 311 g/mol. The number of piperidine rings is 1. The van der Waals surface area contributed by atoms with Crippen LogP contribution >= 0.6 is 12.4 Å². The molecule has 0 N–H and O–H groups in total. The maximum absolute atomic E-state index is 8.69. The van der Waals surface area contributed by atoms with Gasteiger partial charge in [-0.1, -0.05) is 6.42 Å². The molecule has 0 spiro atoms. The molecule has 1 aromatic carbocycles. The molecule has 116 valence electrons. The van der Waals surface area contributed by atoms with Crippen molar-refractivity contribution in [1.29, 1.82) is 5.26 Å². The van der Waals surface area contributed by atoms with Gasteiger partial charge in [0.15, 0.2) is 0 Å². The molecule has 0 aliphatic carbocycles. The molecule has 5 heteroatoms. The number of halogens is 1. The van der Waals surface area contributed by atoms with E-state index in [2.05, 4.69) is 11.0 Å². The maximum atomic E-state index is 8.69. The summed E-state index contributed by atoms with van der Waals surface area (Å²) in [6.45, 7) is 5.38. The standard InChI is InChI=1S/C16H22N2O2.ClH/c17-14-15-4-6-16(7-5-15)20-13-12-19-11-10-18-8-2-1-3-9-18;/h4-7H,1-3,8-13H2;1H. The predicted octanol–water partition coefficient (Wildman–Crippen LogP) is 2.86. The van der Waals surface area contributed by atoms with Crippen molar-refractivity contribution in [1.82, 2.24) is 4.90 Å². The summed E-state index contributed by atoms with van der Waals surface area (Å²) in [5.41, 5.74) is 0.648. The van der Waals surface area contributed by atoms with Crippen molar-refractivity contribution in [2.24, 2.45) is 0 Å². The van der Waals surface area contributed by atoms with Gasteiger partial charge in [0.1, 0.15) is 12.4 Å². The van der Waals surface area contributed by atoms with Crippen LogP contribution in [0.5, 0.6) is 5.75 Å². The normalized spacial score (nSPS) is 15.0. The van der Waals surface area contributed by atoms with Crippen molar-refractivity contribution in [3.8, 4) is 11.8 Å². The van der Waals surface area contributed by atoms with Gasteiger partial charge < -0.3 is 14.4 Å². The highest BCUT2D eigenvalue weighted by Crippen LogP contribution is 2.11. The maximum Gasteiger partial charge on any atom is 0.119 e. The van der Waals surface area contributed by atoms with Crippen LogP contribution in [0.1, 0.15) is 24.8 Å². The molecule has 0 radical (unpaired) electrons. The predicted molar refractivity (Wildman–Crippen MR) is 85.0 cm³/mol. The second-order valence-corrected chi connectivity index (χ2v) is 5.00. The quantitative estimate of drug-likeness (QED) is 0.727. The van der Waals surface area contributed by atoms with E-state index in [4.69, 9.17) is 14.7 Å². The van der Waals surface area contributed by atoms with Gasteiger partial charge in [-0.15, -0.1) is 12.4 Å². The molecule has 2 rings (SSSR count). The van der Waals surface area contributed by atoms with Crippen LogP contribution < -0.4 is 4.74 Å². The Labute approximate surface area is 133 Å². The first kappa shape index (κ1) is 17.8. The number of rotatable bonds is 7. The number of hydrogen-bond donors (Lipinski definition) is 0. The first-order valence-corrected chi connectivity index (χ1v) is 7.31. The summed E-state index contributed by atoms with van der Waals surface area (Å²) in [5, 5.41) is 8.69. The van der Waals surface area contributed by atoms with Crippen LogP contribution in [0.2, 0.25) is 0 Å². The number of nitriles is 1. The summed E-state index contributed by atoms with van der Waals surface area (Å²) in [4.78, 5) is 2.46. The highest BCUT2D eigenvalue weighted by Gasteiger charge is 2.08. The summed E-state index contributed by atoms with van der Waals surface area (Å²) in [6.07, 6.45) is 4.01. The summed E-state index contributed by atoms with van der Waals surface area (Å²) in [5.74, 6) is 0.781. The lowest BCUT2D eigenvalue weighted by Gasteiger charge is -2.26. The summed E-state index contributed by atoms with van der Waals surface area (Å²) in [7, 11) is 0. The van der Waals surface area contributed by atoms with Crippen LogP contribution in [-0.2, 0) is 4.74 Å². The van der Waals surface area contributed by atoms with Crippen LogP contribution in [0.3, 0.4) is 0 Å². The molecule has 1 aromatic rings. The van der Waals surface area contributed by atoms with Crippen LogP contribution in [-0.4, -0.2) is 44.4 Å². The molecule has 1 aliphatic heterocycles. The van der Waals surface area contributed by atoms with Gasteiger partial charge >= 0.3 is 0 Å². The highest BCUT2D eigenvalue weighted by atomic mass is 35.5. The molecule has 0 aromatic heterocycles. The lowest BCUT2D eigenvalue weighted by Crippen LogP contribution is -2.32. The Balaban J connectivity index is 0.00000220. The molecule has 1 fully saturated rings. The van der Waals surface area contributed by atoms with Gasteiger partial charge in [0.25, 0.3) is 0 Å². The minimum Gasteiger partial charge on any atom is -0.491 e. The van der Waals surface area contributed by atoms with Gasteiger partial charge in [-0.25, -0.2) is 0 Å². The molecule has 21 heavy (non-hydrogen) atoms. The second-order valence-electron chi connectivity index (χ2n) is 5.00. The molecule has 0 unspecified atom stereocenters. The molecular formula is C16H23ClN2O2. The summed E-state index contributed by atoms with van der Waals surface area (Å²) in [6, 6.07) is 9.22. The Morgan fingerprint density at radius 1 is 1.00 bits per heavy atom. The zero-order chi connectivity index (χ0) is 14.0. The van der Waals surface area contributed by atoms with Crippen molar-refractivity contribution < 1.29 is 9.47 Å². The van der Waals surface area contributed by atoms with E-state index in [1.807, 2.05) is 12.1 Å². The van der Waals surface area contributed by atoms with Crippen molar-refractivity contribution >= 4 is 12.4 Å². The van der Waals surface area contributed by atoms with Gasteiger partial charge in [-0.05, 0) is 50.2 Å². The molecule has 0 atom stereocenters. The molecule has 1 saturated heterocycles. The van der Waals surface area contributed by atoms with E-state index in [9.17, 15) is 0 Å². The Morgan fingerprint density at radius 2 is 1.71 bits per heavy atom. The van der Waals surface area contributed by atoms with Crippen LogP contribution in [0.15, 0.2) is 24.3 Å². The van der Waals surface area contributed by atoms with E-state index in [1.54, 1.807) is 12.1 Å². The first-order valence-electron chi connectivity index (χ1n) is 7.31. The molecule has 0 bridgehead atoms. The Bertz CT molecular complexity index is 425. The molecule has 4 nitrogen and oxygen atoms in total. The fraction of sp³-hybridized carbons (Fsp3) is 0.562. The monoisotopic (exact) mass is 310 g/mol. The van der Waals surface area contributed by atoms with Crippen molar-refractivity contribution in [3.63, 3.8) is 0 Å². The molecule has 1 aliphatic rings. The van der Waals surface area contributed by atoms with E-state index < -0.39 is 0 Å². The van der Waals surface area contributed by atoms with E-state index in [0.29, 0.717) is 18.8 Å². The fourth-order valence-corrected chi connectivity index (χ4v) is 2.32. The largest absolute Gasteiger partial charge is 0.491 e.